The second-order valence-corrected chi connectivity index (χ2v) is 5.23. The van der Waals surface area contributed by atoms with Crippen molar-refractivity contribution in [1.82, 2.24) is 19.6 Å². The van der Waals surface area contributed by atoms with Gasteiger partial charge in [0.2, 0.25) is 0 Å². The summed E-state index contributed by atoms with van der Waals surface area (Å²) in [5.41, 5.74) is 5.29. The van der Waals surface area contributed by atoms with Crippen molar-refractivity contribution in [1.29, 1.82) is 0 Å². The topological polar surface area (TPSA) is 43.1 Å². The van der Waals surface area contributed by atoms with Crippen LogP contribution >= 0.6 is 0 Å². The van der Waals surface area contributed by atoms with Crippen molar-refractivity contribution in [2.75, 3.05) is 0 Å². The molecule has 4 heteroatoms. The smallest absolute Gasteiger partial charge is 0.211 e. The lowest BCUT2D eigenvalue weighted by atomic mass is 10.1. The SMILES string of the molecule is Cc1ccc(-c2cc(-c3ccccc3)n3ncnc3n2)cc1. The normalized spacial score (nSPS) is 11.0. The predicted octanol–water partition coefficient (Wildman–Crippen LogP) is 3.77. The van der Waals surface area contributed by atoms with E-state index in [0.29, 0.717) is 5.78 Å². The van der Waals surface area contributed by atoms with Crippen molar-refractivity contribution in [3.63, 3.8) is 0 Å². The first kappa shape index (κ1) is 12.7. The van der Waals surface area contributed by atoms with Crippen LogP contribution in [0.3, 0.4) is 0 Å². The van der Waals surface area contributed by atoms with Gasteiger partial charge in [-0.2, -0.15) is 14.6 Å². The van der Waals surface area contributed by atoms with Gasteiger partial charge in [0.1, 0.15) is 6.33 Å². The monoisotopic (exact) mass is 286 g/mol. The summed E-state index contributed by atoms with van der Waals surface area (Å²) in [5.74, 6) is 0.608. The number of rotatable bonds is 2. The lowest BCUT2D eigenvalue weighted by Gasteiger charge is -2.08. The average molecular weight is 286 g/mol. The highest BCUT2D eigenvalue weighted by Crippen LogP contribution is 2.25. The highest BCUT2D eigenvalue weighted by Gasteiger charge is 2.10. The Hall–Kier alpha value is -3.01. The van der Waals surface area contributed by atoms with Gasteiger partial charge in [0, 0.05) is 11.1 Å². The number of hydrogen-bond donors (Lipinski definition) is 0. The molecule has 0 bridgehead atoms. The molecule has 0 atom stereocenters. The minimum atomic E-state index is 0.608. The van der Waals surface area contributed by atoms with Crippen molar-refractivity contribution < 1.29 is 0 Å². The first-order valence-corrected chi connectivity index (χ1v) is 7.14. The molecule has 0 aliphatic heterocycles. The van der Waals surface area contributed by atoms with E-state index < -0.39 is 0 Å². The Kier molecular flexibility index (Phi) is 2.93. The zero-order valence-corrected chi connectivity index (χ0v) is 12.1. The van der Waals surface area contributed by atoms with Gasteiger partial charge in [0.05, 0.1) is 11.4 Å². The summed E-state index contributed by atoms with van der Waals surface area (Å²) in [7, 11) is 0. The molecule has 0 saturated carbocycles. The summed E-state index contributed by atoms with van der Waals surface area (Å²) in [4.78, 5) is 8.86. The Morgan fingerprint density at radius 1 is 0.864 bits per heavy atom. The van der Waals surface area contributed by atoms with E-state index >= 15 is 0 Å². The molecule has 4 nitrogen and oxygen atoms in total. The van der Waals surface area contributed by atoms with Gasteiger partial charge in [-0.15, -0.1) is 0 Å². The summed E-state index contributed by atoms with van der Waals surface area (Å²) in [6, 6.07) is 20.6. The van der Waals surface area contributed by atoms with Gasteiger partial charge < -0.3 is 0 Å². The van der Waals surface area contributed by atoms with Gasteiger partial charge in [0.25, 0.3) is 5.78 Å². The largest absolute Gasteiger partial charge is 0.253 e. The predicted molar refractivity (Wildman–Crippen MR) is 86.4 cm³/mol. The molecule has 2 aromatic heterocycles. The van der Waals surface area contributed by atoms with E-state index in [4.69, 9.17) is 0 Å². The molecule has 0 saturated heterocycles. The second-order valence-electron chi connectivity index (χ2n) is 5.23. The zero-order chi connectivity index (χ0) is 14.9. The molecular formula is C18H14N4. The van der Waals surface area contributed by atoms with Crippen LogP contribution in [0.2, 0.25) is 0 Å². The van der Waals surface area contributed by atoms with Crippen LogP contribution in [0, 0.1) is 6.92 Å². The van der Waals surface area contributed by atoms with Crippen LogP contribution in [0.4, 0.5) is 0 Å². The minimum absolute atomic E-state index is 0.608. The Morgan fingerprint density at radius 2 is 1.64 bits per heavy atom. The van der Waals surface area contributed by atoms with E-state index in [9.17, 15) is 0 Å². The third-order valence-corrected chi connectivity index (χ3v) is 3.67. The molecule has 0 aliphatic carbocycles. The Labute approximate surface area is 128 Å². The third kappa shape index (κ3) is 2.15. The first-order valence-electron chi connectivity index (χ1n) is 7.14. The zero-order valence-electron chi connectivity index (χ0n) is 12.1. The molecule has 0 unspecified atom stereocenters. The molecule has 0 N–H and O–H groups in total. The van der Waals surface area contributed by atoms with Gasteiger partial charge in [-0.25, -0.2) is 4.98 Å². The van der Waals surface area contributed by atoms with Crippen molar-refractivity contribution >= 4 is 5.78 Å². The van der Waals surface area contributed by atoms with E-state index in [0.717, 1.165) is 22.5 Å². The summed E-state index contributed by atoms with van der Waals surface area (Å²) >= 11 is 0. The van der Waals surface area contributed by atoms with Gasteiger partial charge in [-0.1, -0.05) is 60.2 Å². The van der Waals surface area contributed by atoms with Crippen LogP contribution < -0.4 is 0 Å². The van der Waals surface area contributed by atoms with Crippen LogP contribution in [0.15, 0.2) is 67.0 Å². The molecule has 4 rings (SSSR count). The highest BCUT2D eigenvalue weighted by molar-refractivity contribution is 5.70. The number of hydrogen-bond acceptors (Lipinski definition) is 3. The standard InChI is InChI=1S/C18H14N4/c1-13-7-9-14(10-8-13)16-11-17(15-5-3-2-4-6-15)22-18(21-16)19-12-20-22/h2-12H,1H3. The fourth-order valence-electron chi connectivity index (χ4n) is 2.50. The molecular weight excluding hydrogens is 272 g/mol. The summed E-state index contributed by atoms with van der Waals surface area (Å²) in [6.07, 6.45) is 1.54. The number of nitrogens with zero attached hydrogens (tertiary/aromatic N) is 4. The fraction of sp³-hybridized carbons (Fsp3) is 0.0556. The quantitative estimate of drug-likeness (QED) is 0.563. The molecule has 2 aromatic carbocycles. The average Bonchev–Trinajstić information content (AvgIpc) is 3.04. The van der Waals surface area contributed by atoms with E-state index in [-0.39, 0.29) is 0 Å². The summed E-state index contributed by atoms with van der Waals surface area (Å²) in [5, 5.41) is 4.29. The summed E-state index contributed by atoms with van der Waals surface area (Å²) < 4.78 is 1.77. The Bertz CT molecular complexity index is 924. The van der Waals surface area contributed by atoms with Crippen molar-refractivity contribution in [2.45, 2.75) is 6.92 Å². The maximum absolute atomic E-state index is 4.61. The van der Waals surface area contributed by atoms with Gasteiger partial charge >= 0.3 is 0 Å². The van der Waals surface area contributed by atoms with Gasteiger partial charge in [-0.3, -0.25) is 0 Å². The number of aryl methyl sites for hydroxylation is 1. The van der Waals surface area contributed by atoms with Gasteiger partial charge in [0.15, 0.2) is 0 Å². The molecule has 4 aromatic rings. The van der Waals surface area contributed by atoms with E-state index in [1.54, 1.807) is 4.52 Å². The van der Waals surface area contributed by atoms with Crippen LogP contribution in [0.25, 0.3) is 28.3 Å². The fourth-order valence-corrected chi connectivity index (χ4v) is 2.50. The van der Waals surface area contributed by atoms with Crippen LogP contribution in [-0.4, -0.2) is 19.6 Å². The minimum Gasteiger partial charge on any atom is -0.211 e. The summed E-state index contributed by atoms with van der Waals surface area (Å²) in [6.45, 7) is 2.08. The van der Waals surface area contributed by atoms with E-state index in [2.05, 4.69) is 64.5 Å². The highest BCUT2D eigenvalue weighted by atomic mass is 15.3. The first-order chi connectivity index (χ1) is 10.8. The number of benzene rings is 2. The molecule has 22 heavy (non-hydrogen) atoms. The molecule has 0 aliphatic rings. The van der Waals surface area contributed by atoms with E-state index in [1.807, 2.05) is 18.2 Å². The molecule has 0 fully saturated rings. The molecule has 106 valence electrons. The Morgan fingerprint density at radius 3 is 2.41 bits per heavy atom. The van der Waals surface area contributed by atoms with Crippen LogP contribution in [-0.2, 0) is 0 Å². The second kappa shape index (κ2) is 5.07. The van der Waals surface area contributed by atoms with Gasteiger partial charge in [-0.05, 0) is 13.0 Å². The molecule has 0 radical (unpaired) electrons. The number of aromatic nitrogens is 4. The number of fused-ring (bicyclic) bond motifs is 1. The molecule has 2 heterocycles. The van der Waals surface area contributed by atoms with Crippen LogP contribution in [0.1, 0.15) is 5.56 Å². The maximum Gasteiger partial charge on any atom is 0.253 e. The Balaban J connectivity index is 1.96. The molecule has 0 spiro atoms. The van der Waals surface area contributed by atoms with E-state index in [1.165, 1.54) is 11.9 Å². The van der Waals surface area contributed by atoms with Crippen molar-refractivity contribution in [3.05, 3.63) is 72.6 Å². The van der Waals surface area contributed by atoms with Crippen LogP contribution in [0.5, 0.6) is 0 Å². The third-order valence-electron chi connectivity index (χ3n) is 3.67. The van der Waals surface area contributed by atoms with Crippen molar-refractivity contribution in [2.24, 2.45) is 0 Å². The lowest BCUT2D eigenvalue weighted by Crippen LogP contribution is -1.98. The lowest BCUT2D eigenvalue weighted by molar-refractivity contribution is 0.949. The molecule has 0 amide bonds. The maximum atomic E-state index is 4.61. The van der Waals surface area contributed by atoms with Crippen molar-refractivity contribution in [3.8, 4) is 22.5 Å².